The summed E-state index contributed by atoms with van der Waals surface area (Å²) < 4.78 is 20.1. The fourth-order valence-electron chi connectivity index (χ4n) is 3.46. The van der Waals surface area contributed by atoms with Gasteiger partial charge in [0.05, 0.1) is 23.3 Å². The second kappa shape index (κ2) is 9.56. The lowest BCUT2D eigenvalue weighted by Gasteiger charge is -2.18. The highest BCUT2D eigenvalue weighted by Gasteiger charge is 2.21. The van der Waals surface area contributed by atoms with E-state index in [4.69, 9.17) is 4.74 Å². The third-order valence-corrected chi connectivity index (χ3v) is 5.28. The highest BCUT2D eigenvalue weighted by molar-refractivity contribution is 6.06. The number of rotatable bonds is 6. The molecule has 4 rings (SSSR count). The molecule has 0 spiro atoms. The standard InChI is InChI=1S/C25H19FN4O5/c1-15-23(31)22(16-5-13-21(35-2)14-6-16)24(29(28-15)19-11-7-18(26)8-12-19)27-25(32)17-3-9-20(10-4-17)30(33)34/h3-14H,1-2H3,(H,27,32). The van der Waals surface area contributed by atoms with E-state index in [0.717, 1.165) is 0 Å². The van der Waals surface area contributed by atoms with Gasteiger partial charge in [-0.3, -0.25) is 19.7 Å². The molecule has 1 N–H and O–H groups in total. The first-order valence-electron chi connectivity index (χ1n) is 10.4. The Bertz CT molecular complexity index is 1460. The van der Waals surface area contributed by atoms with Crippen LogP contribution in [0.15, 0.2) is 77.6 Å². The number of nitrogens with one attached hydrogen (secondary N) is 1. The van der Waals surface area contributed by atoms with Crippen molar-refractivity contribution in [1.29, 1.82) is 0 Å². The summed E-state index contributed by atoms with van der Waals surface area (Å²) in [5.41, 5.74) is 0.788. The zero-order valence-electron chi connectivity index (χ0n) is 18.7. The molecule has 0 aliphatic carbocycles. The van der Waals surface area contributed by atoms with Crippen LogP contribution in [-0.4, -0.2) is 27.7 Å². The van der Waals surface area contributed by atoms with Crippen LogP contribution in [0.25, 0.3) is 16.8 Å². The van der Waals surface area contributed by atoms with Crippen LogP contribution in [-0.2, 0) is 0 Å². The Kier molecular flexibility index (Phi) is 6.36. The van der Waals surface area contributed by atoms with E-state index >= 15 is 0 Å². The van der Waals surface area contributed by atoms with Gasteiger partial charge in [0, 0.05) is 17.7 Å². The molecule has 176 valence electrons. The zero-order chi connectivity index (χ0) is 25.1. The summed E-state index contributed by atoms with van der Waals surface area (Å²) in [6.07, 6.45) is 0. The van der Waals surface area contributed by atoms with E-state index in [1.165, 1.54) is 67.2 Å². The quantitative estimate of drug-likeness (QED) is 0.325. The van der Waals surface area contributed by atoms with Gasteiger partial charge in [-0.25, -0.2) is 9.07 Å². The Morgan fingerprint density at radius 2 is 1.66 bits per heavy atom. The van der Waals surface area contributed by atoms with E-state index in [2.05, 4.69) is 10.4 Å². The Balaban J connectivity index is 1.89. The maximum atomic E-state index is 13.6. The van der Waals surface area contributed by atoms with Crippen molar-refractivity contribution in [1.82, 2.24) is 9.78 Å². The van der Waals surface area contributed by atoms with E-state index in [-0.39, 0.29) is 28.3 Å². The van der Waals surface area contributed by atoms with Crippen LogP contribution >= 0.6 is 0 Å². The lowest BCUT2D eigenvalue weighted by atomic mass is 10.0. The van der Waals surface area contributed by atoms with E-state index in [0.29, 0.717) is 17.0 Å². The molecule has 35 heavy (non-hydrogen) atoms. The topological polar surface area (TPSA) is 116 Å². The number of halogens is 1. The number of aromatic nitrogens is 2. The number of benzene rings is 3. The summed E-state index contributed by atoms with van der Waals surface area (Å²) in [5, 5.41) is 18.0. The van der Waals surface area contributed by atoms with Gasteiger partial charge in [-0.2, -0.15) is 5.10 Å². The molecule has 0 bridgehead atoms. The Morgan fingerprint density at radius 3 is 2.23 bits per heavy atom. The lowest BCUT2D eigenvalue weighted by Crippen LogP contribution is -2.25. The van der Waals surface area contributed by atoms with Crippen LogP contribution in [0, 0.1) is 22.9 Å². The first-order valence-corrected chi connectivity index (χ1v) is 10.4. The first kappa shape index (κ1) is 23.3. The fraction of sp³-hybridized carbons (Fsp3) is 0.0800. The van der Waals surface area contributed by atoms with Crippen molar-refractivity contribution in [3.63, 3.8) is 0 Å². The second-order valence-corrected chi connectivity index (χ2v) is 7.51. The molecule has 10 heteroatoms. The zero-order valence-corrected chi connectivity index (χ0v) is 18.7. The smallest absolute Gasteiger partial charge is 0.269 e. The third kappa shape index (κ3) is 4.76. The molecule has 0 fully saturated rings. The van der Waals surface area contributed by atoms with Crippen molar-refractivity contribution in [3.05, 3.63) is 110 Å². The van der Waals surface area contributed by atoms with Crippen LogP contribution in [0.1, 0.15) is 16.1 Å². The normalized spacial score (nSPS) is 10.6. The Labute approximate surface area is 198 Å². The molecule has 0 unspecified atom stereocenters. The summed E-state index contributed by atoms with van der Waals surface area (Å²) >= 11 is 0. The van der Waals surface area contributed by atoms with Crippen molar-refractivity contribution >= 4 is 17.4 Å². The SMILES string of the molecule is COc1ccc(-c2c(NC(=O)c3ccc([N+](=O)[O-])cc3)n(-c3ccc(F)cc3)nc(C)c2=O)cc1. The number of non-ortho nitro benzene ring substituents is 1. The minimum absolute atomic E-state index is 0.0562. The Morgan fingerprint density at radius 1 is 1.03 bits per heavy atom. The van der Waals surface area contributed by atoms with Crippen LogP contribution in [0.2, 0.25) is 0 Å². The van der Waals surface area contributed by atoms with Crippen molar-refractivity contribution in [2.24, 2.45) is 0 Å². The second-order valence-electron chi connectivity index (χ2n) is 7.51. The van der Waals surface area contributed by atoms with Gasteiger partial charge >= 0.3 is 0 Å². The van der Waals surface area contributed by atoms with Gasteiger partial charge in [0.25, 0.3) is 11.6 Å². The van der Waals surface area contributed by atoms with E-state index in [9.17, 15) is 24.1 Å². The van der Waals surface area contributed by atoms with Crippen molar-refractivity contribution < 1.29 is 18.8 Å². The first-order chi connectivity index (χ1) is 16.8. The minimum Gasteiger partial charge on any atom is -0.497 e. The number of hydrogen-bond donors (Lipinski definition) is 1. The predicted molar refractivity (Wildman–Crippen MR) is 128 cm³/mol. The summed E-state index contributed by atoms with van der Waals surface area (Å²) in [6.45, 7) is 1.54. The predicted octanol–water partition coefficient (Wildman–Crippen LogP) is 4.52. The van der Waals surface area contributed by atoms with Crippen molar-refractivity contribution in [2.45, 2.75) is 6.92 Å². The highest BCUT2D eigenvalue weighted by Crippen LogP contribution is 2.29. The summed E-state index contributed by atoms with van der Waals surface area (Å²) in [4.78, 5) is 36.7. The Hall–Kier alpha value is -4.86. The van der Waals surface area contributed by atoms with E-state index < -0.39 is 22.1 Å². The lowest BCUT2D eigenvalue weighted by molar-refractivity contribution is -0.384. The number of methoxy groups -OCH3 is 1. The van der Waals surface area contributed by atoms with Crippen molar-refractivity contribution in [3.8, 4) is 22.6 Å². The summed E-state index contributed by atoms with van der Waals surface area (Å²) in [6, 6.07) is 17.1. The van der Waals surface area contributed by atoms with Crippen LogP contribution < -0.4 is 15.5 Å². The third-order valence-electron chi connectivity index (χ3n) is 5.28. The average Bonchev–Trinajstić information content (AvgIpc) is 2.87. The molecule has 1 heterocycles. The molecule has 0 radical (unpaired) electrons. The molecule has 0 saturated heterocycles. The number of ether oxygens (including phenoxy) is 1. The van der Waals surface area contributed by atoms with E-state index in [1.807, 2.05) is 0 Å². The number of carbonyl (C=O) groups is 1. The number of aryl methyl sites for hydroxylation is 1. The molecular weight excluding hydrogens is 455 g/mol. The molecule has 1 amide bonds. The highest BCUT2D eigenvalue weighted by atomic mass is 19.1. The molecule has 0 aliphatic heterocycles. The van der Waals surface area contributed by atoms with Gasteiger partial charge in [-0.1, -0.05) is 12.1 Å². The van der Waals surface area contributed by atoms with Gasteiger partial charge in [0.2, 0.25) is 5.43 Å². The van der Waals surface area contributed by atoms with Gasteiger partial charge in [0.1, 0.15) is 23.1 Å². The number of anilines is 1. The minimum atomic E-state index is -0.615. The number of nitro groups is 1. The molecule has 0 atom stereocenters. The molecule has 0 aliphatic rings. The monoisotopic (exact) mass is 474 g/mol. The number of carbonyl (C=O) groups excluding carboxylic acids is 1. The molecule has 4 aromatic rings. The number of nitrogens with zero attached hydrogens (tertiary/aromatic N) is 3. The number of nitro benzene ring substituents is 1. The van der Waals surface area contributed by atoms with E-state index in [1.54, 1.807) is 24.3 Å². The van der Waals surface area contributed by atoms with Gasteiger partial charge in [0.15, 0.2) is 0 Å². The summed E-state index contributed by atoms with van der Waals surface area (Å²) in [5.74, 6) is -0.440. The summed E-state index contributed by atoms with van der Waals surface area (Å²) in [7, 11) is 1.52. The molecule has 1 aromatic heterocycles. The molecule has 0 saturated carbocycles. The number of amides is 1. The molecule has 3 aromatic carbocycles. The van der Waals surface area contributed by atoms with Crippen molar-refractivity contribution in [2.75, 3.05) is 12.4 Å². The van der Waals surface area contributed by atoms with Crippen LogP contribution in [0.5, 0.6) is 5.75 Å². The average molecular weight is 474 g/mol. The van der Waals surface area contributed by atoms with Gasteiger partial charge < -0.3 is 10.1 Å². The van der Waals surface area contributed by atoms with Crippen LogP contribution in [0.4, 0.5) is 15.9 Å². The van der Waals surface area contributed by atoms with Gasteiger partial charge in [-0.15, -0.1) is 0 Å². The number of hydrogen-bond acceptors (Lipinski definition) is 6. The maximum absolute atomic E-state index is 13.6. The van der Waals surface area contributed by atoms with Gasteiger partial charge in [-0.05, 0) is 61.0 Å². The molecular formula is C25H19FN4O5. The fourth-order valence-corrected chi connectivity index (χ4v) is 3.46. The molecule has 9 nitrogen and oxygen atoms in total. The largest absolute Gasteiger partial charge is 0.497 e. The maximum Gasteiger partial charge on any atom is 0.269 e. The van der Waals surface area contributed by atoms with Crippen LogP contribution in [0.3, 0.4) is 0 Å².